The summed E-state index contributed by atoms with van der Waals surface area (Å²) in [7, 11) is 0. The predicted octanol–water partition coefficient (Wildman–Crippen LogP) is 1.76. The van der Waals surface area contributed by atoms with Crippen molar-refractivity contribution >= 4 is 35.6 Å². The second-order valence-corrected chi connectivity index (χ2v) is 7.22. The molecule has 3 N–H and O–H groups in total. The first kappa shape index (κ1) is 19.9. The minimum atomic E-state index is -0.538. The van der Waals surface area contributed by atoms with Crippen LogP contribution in [0.3, 0.4) is 0 Å². The Bertz CT molecular complexity index is 519. The third kappa shape index (κ3) is 4.68. The number of thiophene rings is 1. The monoisotopic (exact) mass is 359 g/mol. The van der Waals surface area contributed by atoms with E-state index in [0.29, 0.717) is 19.6 Å². The number of carbonyl (C=O) groups is 2. The van der Waals surface area contributed by atoms with Crippen molar-refractivity contribution in [1.29, 1.82) is 0 Å². The van der Waals surface area contributed by atoms with Crippen LogP contribution in [0.25, 0.3) is 0 Å². The van der Waals surface area contributed by atoms with Crippen molar-refractivity contribution in [1.82, 2.24) is 10.2 Å². The van der Waals surface area contributed by atoms with Gasteiger partial charge in [0.15, 0.2) is 0 Å². The highest BCUT2D eigenvalue weighted by Gasteiger charge is 2.37. The lowest BCUT2D eigenvalue weighted by Crippen LogP contribution is -2.50. The summed E-state index contributed by atoms with van der Waals surface area (Å²) in [6.07, 6.45) is 1.70. The van der Waals surface area contributed by atoms with Crippen LogP contribution in [0, 0.1) is 5.92 Å². The molecule has 1 unspecified atom stereocenters. The zero-order chi connectivity index (χ0) is 16.2. The largest absolute Gasteiger partial charge is 0.355 e. The Morgan fingerprint density at radius 1 is 1.48 bits per heavy atom. The van der Waals surface area contributed by atoms with E-state index in [1.165, 1.54) is 0 Å². The first-order valence-electron chi connectivity index (χ1n) is 7.78. The second kappa shape index (κ2) is 8.66. The quantitative estimate of drug-likeness (QED) is 0.841. The lowest BCUT2D eigenvalue weighted by molar-refractivity contribution is -0.139. The molecule has 1 fully saturated rings. The van der Waals surface area contributed by atoms with Gasteiger partial charge < -0.3 is 16.0 Å². The van der Waals surface area contributed by atoms with Gasteiger partial charge in [0.25, 0.3) is 0 Å². The molecule has 23 heavy (non-hydrogen) atoms. The van der Waals surface area contributed by atoms with E-state index in [0.717, 1.165) is 24.3 Å². The molecular formula is C16H26ClN3O2S. The minimum Gasteiger partial charge on any atom is -0.355 e. The summed E-state index contributed by atoms with van der Waals surface area (Å²) in [5.74, 6) is -0.00783. The SMILES string of the molecule is CC(C)(C(=O)N1CCCC(C(=O)NCCN)C1)c1cccs1.Cl. The third-order valence-corrected chi connectivity index (χ3v) is 5.39. The van der Waals surface area contributed by atoms with Crippen molar-refractivity contribution in [3.8, 4) is 0 Å². The van der Waals surface area contributed by atoms with Crippen molar-refractivity contribution in [3.63, 3.8) is 0 Å². The first-order chi connectivity index (χ1) is 10.5. The summed E-state index contributed by atoms with van der Waals surface area (Å²) in [6, 6.07) is 3.96. The number of hydrogen-bond donors (Lipinski definition) is 2. The molecule has 0 bridgehead atoms. The molecule has 0 spiro atoms. The van der Waals surface area contributed by atoms with E-state index in [2.05, 4.69) is 5.32 Å². The number of hydrogen-bond acceptors (Lipinski definition) is 4. The van der Waals surface area contributed by atoms with Crippen LogP contribution in [0.1, 0.15) is 31.6 Å². The van der Waals surface area contributed by atoms with Gasteiger partial charge in [-0.2, -0.15) is 0 Å². The Morgan fingerprint density at radius 2 is 2.22 bits per heavy atom. The van der Waals surface area contributed by atoms with E-state index in [4.69, 9.17) is 5.73 Å². The maximum atomic E-state index is 12.9. The number of halogens is 1. The minimum absolute atomic E-state index is 0. The second-order valence-electron chi connectivity index (χ2n) is 6.27. The number of piperidine rings is 1. The molecule has 0 aliphatic carbocycles. The van der Waals surface area contributed by atoms with Crippen molar-refractivity contribution in [2.45, 2.75) is 32.1 Å². The number of nitrogens with one attached hydrogen (secondary N) is 1. The Balaban J connectivity index is 0.00000264. The molecule has 5 nitrogen and oxygen atoms in total. The molecular weight excluding hydrogens is 334 g/mol. The highest BCUT2D eigenvalue weighted by Crippen LogP contribution is 2.31. The Labute approximate surface area is 148 Å². The fourth-order valence-electron chi connectivity index (χ4n) is 2.85. The number of likely N-dealkylation sites (tertiary alicyclic amines) is 1. The number of rotatable bonds is 5. The molecule has 7 heteroatoms. The van der Waals surface area contributed by atoms with Gasteiger partial charge >= 0.3 is 0 Å². The maximum absolute atomic E-state index is 12.9. The van der Waals surface area contributed by atoms with Gasteiger partial charge in [-0.05, 0) is 38.1 Å². The molecule has 1 atom stereocenters. The summed E-state index contributed by atoms with van der Waals surface area (Å²) in [4.78, 5) is 27.9. The van der Waals surface area contributed by atoms with Crippen molar-refractivity contribution < 1.29 is 9.59 Å². The van der Waals surface area contributed by atoms with Crippen LogP contribution in [-0.2, 0) is 15.0 Å². The standard InChI is InChI=1S/C16H25N3O2S.ClH/c1-16(2,13-6-4-10-22-13)15(21)19-9-3-5-12(11-19)14(20)18-8-7-17;/h4,6,10,12H,3,5,7-9,11,17H2,1-2H3,(H,18,20);1H. The first-order valence-corrected chi connectivity index (χ1v) is 8.66. The van der Waals surface area contributed by atoms with Gasteiger partial charge in [0.05, 0.1) is 11.3 Å². The van der Waals surface area contributed by atoms with Gasteiger partial charge in [0, 0.05) is 31.1 Å². The summed E-state index contributed by atoms with van der Waals surface area (Å²) >= 11 is 1.60. The van der Waals surface area contributed by atoms with E-state index in [-0.39, 0.29) is 30.1 Å². The fraction of sp³-hybridized carbons (Fsp3) is 0.625. The topological polar surface area (TPSA) is 75.4 Å². The molecule has 2 rings (SSSR count). The van der Waals surface area contributed by atoms with Crippen LogP contribution in [0.15, 0.2) is 17.5 Å². The summed E-state index contributed by atoms with van der Waals surface area (Å²) < 4.78 is 0. The Kier molecular flexibility index (Phi) is 7.51. The van der Waals surface area contributed by atoms with Gasteiger partial charge in [-0.25, -0.2) is 0 Å². The highest BCUT2D eigenvalue weighted by atomic mass is 35.5. The molecule has 0 saturated carbocycles. The number of nitrogens with two attached hydrogens (primary N) is 1. The van der Waals surface area contributed by atoms with E-state index >= 15 is 0 Å². The van der Waals surface area contributed by atoms with Crippen molar-refractivity contribution in [2.75, 3.05) is 26.2 Å². The zero-order valence-electron chi connectivity index (χ0n) is 13.7. The summed E-state index contributed by atoms with van der Waals surface area (Å²) in [5.41, 5.74) is 4.88. The lowest BCUT2D eigenvalue weighted by Gasteiger charge is -2.36. The fourth-order valence-corrected chi connectivity index (χ4v) is 3.69. The number of carbonyl (C=O) groups excluding carboxylic acids is 2. The molecule has 0 radical (unpaired) electrons. The third-order valence-electron chi connectivity index (χ3n) is 4.19. The Hall–Kier alpha value is -1.11. The van der Waals surface area contributed by atoms with E-state index < -0.39 is 5.41 Å². The molecule has 0 aromatic carbocycles. The predicted molar refractivity (Wildman–Crippen MR) is 96.0 cm³/mol. The van der Waals surface area contributed by atoms with Gasteiger partial charge in [-0.15, -0.1) is 23.7 Å². The molecule has 1 aliphatic heterocycles. The Morgan fingerprint density at radius 3 is 2.83 bits per heavy atom. The van der Waals surface area contributed by atoms with Crippen LogP contribution in [0.5, 0.6) is 0 Å². The lowest BCUT2D eigenvalue weighted by atomic mass is 9.87. The maximum Gasteiger partial charge on any atom is 0.233 e. The normalized spacial score (nSPS) is 18.2. The molecule has 1 aliphatic rings. The van der Waals surface area contributed by atoms with Crippen molar-refractivity contribution in [3.05, 3.63) is 22.4 Å². The van der Waals surface area contributed by atoms with Gasteiger partial charge in [0.2, 0.25) is 11.8 Å². The van der Waals surface area contributed by atoms with Gasteiger partial charge in [-0.3, -0.25) is 9.59 Å². The van der Waals surface area contributed by atoms with Crippen LogP contribution in [0.4, 0.5) is 0 Å². The van der Waals surface area contributed by atoms with E-state index in [9.17, 15) is 9.59 Å². The molecule has 1 aromatic heterocycles. The summed E-state index contributed by atoms with van der Waals surface area (Å²) in [5, 5.41) is 4.82. The average molecular weight is 360 g/mol. The molecule has 2 heterocycles. The van der Waals surface area contributed by atoms with E-state index in [1.54, 1.807) is 11.3 Å². The zero-order valence-corrected chi connectivity index (χ0v) is 15.3. The smallest absolute Gasteiger partial charge is 0.233 e. The number of amides is 2. The molecule has 2 amide bonds. The van der Waals surface area contributed by atoms with Crippen LogP contribution in [-0.4, -0.2) is 42.9 Å². The summed E-state index contributed by atoms with van der Waals surface area (Å²) in [6.45, 7) is 6.08. The number of nitrogens with zero attached hydrogens (tertiary/aromatic N) is 1. The molecule has 1 aromatic rings. The average Bonchev–Trinajstić information content (AvgIpc) is 3.07. The highest BCUT2D eigenvalue weighted by molar-refractivity contribution is 7.10. The van der Waals surface area contributed by atoms with Gasteiger partial charge in [-0.1, -0.05) is 6.07 Å². The van der Waals surface area contributed by atoms with Gasteiger partial charge in [0.1, 0.15) is 0 Å². The van der Waals surface area contributed by atoms with Crippen LogP contribution >= 0.6 is 23.7 Å². The molecule has 130 valence electrons. The van der Waals surface area contributed by atoms with Crippen molar-refractivity contribution in [2.24, 2.45) is 11.7 Å². The van der Waals surface area contributed by atoms with E-state index in [1.807, 2.05) is 36.3 Å². The molecule has 1 saturated heterocycles. The van der Waals surface area contributed by atoms with Crippen LogP contribution < -0.4 is 11.1 Å². The van der Waals surface area contributed by atoms with Crippen LogP contribution in [0.2, 0.25) is 0 Å².